The lowest BCUT2D eigenvalue weighted by Gasteiger charge is -2.09. The van der Waals surface area contributed by atoms with E-state index in [1.807, 2.05) is 11.7 Å². The molecule has 1 saturated heterocycles. The van der Waals surface area contributed by atoms with Crippen molar-refractivity contribution >= 4 is 0 Å². The van der Waals surface area contributed by atoms with Crippen molar-refractivity contribution in [1.82, 2.24) is 15.1 Å². The Bertz CT molecular complexity index is 297. The Balaban J connectivity index is 2.03. The lowest BCUT2D eigenvalue weighted by Crippen LogP contribution is -2.24. The van der Waals surface area contributed by atoms with Gasteiger partial charge in [0.2, 0.25) is 0 Å². The molecular formula is C11H19N3. The van der Waals surface area contributed by atoms with Crippen LogP contribution in [0.25, 0.3) is 0 Å². The van der Waals surface area contributed by atoms with Crippen molar-refractivity contribution in [3.63, 3.8) is 0 Å². The van der Waals surface area contributed by atoms with Crippen LogP contribution in [0.3, 0.4) is 0 Å². The van der Waals surface area contributed by atoms with Crippen LogP contribution >= 0.6 is 0 Å². The van der Waals surface area contributed by atoms with Gasteiger partial charge in [0, 0.05) is 25.2 Å². The smallest absolute Gasteiger partial charge is 0.0624 e. The van der Waals surface area contributed by atoms with E-state index in [1.54, 1.807) is 0 Å². The molecule has 78 valence electrons. The summed E-state index contributed by atoms with van der Waals surface area (Å²) >= 11 is 0. The minimum absolute atomic E-state index is 0.676. The Hall–Kier alpha value is -0.830. The third kappa shape index (κ3) is 1.98. The Morgan fingerprint density at radius 3 is 3.07 bits per heavy atom. The highest BCUT2D eigenvalue weighted by Crippen LogP contribution is 2.12. The number of nitrogens with zero attached hydrogens (tertiary/aromatic N) is 2. The first-order valence-electron chi connectivity index (χ1n) is 5.54. The molecule has 2 rings (SSSR count). The van der Waals surface area contributed by atoms with E-state index >= 15 is 0 Å². The van der Waals surface area contributed by atoms with Crippen LogP contribution in [0.15, 0.2) is 6.07 Å². The number of hydrogen-bond acceptors (Lipinski definition) is 2. The molecule has 1 fully saturated rings. The number of hydrogen-bond donors (Lipinski definition) is 1. The second-order valence-corrected chi connectivity index (χ2v) is 4.10. The van der Waals surface area contributed by atoms with Gasteiger partial charge in [0.05, 0.1) is 5.69 Å². The first kappa shape index (κ1) is 9.71. The van der Waals surface area contributed by atoms with E-state index in [0.717, 1.165) is 12.8 Å². The molecule has 1 atom stereocenters. The van der Waals surface area contributed by atoms with E-state index < -0.39 is 0 Å². The Kier molecular flexibility index (Phi) is 2.87. The van der Waals surface area contributed by atoms with Gasteiger partial charge in [-0.25, -0.2) is 0 Å². The van der Waals surface area contributed by atoms with Crippen molar-refractivity contribution < 1.29 is 0 Å². The van der Waals surface area contributed by atoms with Gasteiger partial charge in [-0.2, -0.15) is 5.10 Å². The predicted octanol–water partition coefficient (Wildman–Crippen LogP) is 1.28. The van der Waals surface area contributed by atoms with Gasteiger partial charge >= 0.3 is 0 Å². The topological polar surface area (TPSA) is 29.9 Å². The van der Waals surface area contributed by atoms with E-state index in [1.165, 1.54) is 30.8 Å². The van der Waals surface area contributed by atoms with Crippen LogP contribution in [0.4, 0.5) is 0 Å². The zero-order valence-corrected chi connectivity index (χ0v) is 9.08. The third-order valence-electron chi connectivity index (χ3n) is 3.01. The van der Waals surface area contributed by atoms with Crippen molar-refractivity contribution in [2.75, 3.05) is 6.54 Å². The molecule has 14 heavy (non-hydrogen) atoms. The van der Waals surface area contributed by atoms with Crippen molar-refractivity contribution in [2.24, 2.45) is 7.05 Å². The summed E-state index contributed by atoms with van der Waals surface area (Å²) in [4.78, 5) is 0. The van der Waals surface area contributed by atoms with Crippen LogP contribution < -0.4 is 5.32 Å². The van der Waals surface area contributed by atoms with Crippen molar-refractivity contribution in [3.8, 4) is 0 Å². The Morgan fingerprint density at radius 2 is 2.50 bits per heavy atom. The maximum atomic E-state index is 4.46. The molecular weight excluding hydrogens is 174 g/mol. The van der Waals surface area contributed by atoms with Gasteiger partial charge in [-0.05, 0) is 31.9 Å². The van der Waals surface area contributed by atoms with Gasteiger partial charge in [0.1, 0.15) is 0 Å². The summed E-state index contributed by atoms with van der Waals surface area (Å²) in [7, 11) is 2.05. The summed E-state index contributed by atoms with van der Waals surface area (Å²) in [6.07, 6.45) is 4.80. The summed E-state index contributed by atoms with van der Waals surface area (Å²) in [5.41, 5.74) is 2.57. The molecule has 0 aromatic carbocycles. The highest BCUT2D eigenvalue weighted by Gasteiger charge is 2.16. The molecule has 1 aromatic heterocycles. The summed E-state index contributed by atoms with van der Waals surface area (Å²) in [6.45, 7) is 3.34. The minimum atomic E-state index is 0.676. The number of aryl methyl sites for hydroxylation is 2. The van der Waals surface area contributed by atoms with Crippen LogP contribution in [-0.4, -0.2) is 22.4 Å². The molecule has 3 nitrogen and oxygen atoms in total. The standard InChI is InChI=1S/C11H19N3/c1-3-9-7-11(14(2)13-9)8-10-5-4-6-12-10/h7,10,12H,3-6,8H2,1-2H3. The second-order valence-electron chi connectivity index (χ2n) is 4.10. The summed E-state index contributed by atoms with van der Waals surface area (Å²) < 4.78 is 2.03. The number of nitrogens with one attached hydrogen (secondary N) is 1. The van der Waals surface area contributed by atoms with Crippen molar-refractivity contribution in [3.05, 3.63) is 17.5 Å². The molecule has 1 aliphatic rings. The third-order valence-corrected chi connectivity index (χ3v) is 3.01. The average molecular weight is 193 g/mol. The van der Waals surface area contributed by atoms with E-state index in [9.17, 15) is 0 Å². The normalized spacial score (nSPS) is 21.7. The quantitative estimate of drug-likeness (QED) is 0.783. The summed E-state index contributed by atoms with van der Waals surface area (Å²) in [6, 6.07) is 2.91. The Morgan fingerprint density at radius 1 is 1.64 bits per heavy atom. The summed E-state index contributed by atoms with van der Waals surface area (Å²) in [5, 5.41) is 7.98. The van der Waals surface area contributed by atoms with Gasteiger partial charge in [0.25, 0.3) is 0 Å². The van der Waals surface area contributed by atoms with E-state index in [4.69, 9.17) is 0 Å². The largest absolute Gasteiger partial charge is 0.314 e. The number of aromatic nitrogens is 2. The maximum absolute atomic E-state index is 4.46. The zero-order chi connectivity index (χ0) is 9.97. The molecule has 0 bridgehead atoms. The van der Waals surface area contributed by atoms with Crippen LogP contribution in [0.2, 0.25) is 0 Å². The van der Waals surface area contributed by atoms with Crippen LogP contribution in [0, 0.1) is 0 Å². The molecule has 0 amide bonds. The predicted molar refractivity (Wildman–Crippen MR) is 57.3 cm³/mol. The van der Waals surface area contributed by atoms with Gasteiger partial charge in [0.15, 0.2) is 0 Å². The lowest BCUT2D eigenvalue weighted by molar-refractivity contribution is 0.570. The van der Waals surface area contributed by atoms with Gasteiger partial charge in [-0.1, -0.05) is 6.92 Å². The molecule has 1 unspecified atom stereocenters. The number of rotatable bonds is 3. The minimum Gasteiger partial charge on any atom is -0.314 e. The second kappa shape index (κ2) is 4.13. The van der Waals surface area contributed by atoms with Gasteiger partial charge in [-0.3, -0.25) is 4.68 Å². The lowest BCUT2D eigenvalue weighted by atomic mass is 10.1. The fourth-order valence-corrected chi connectivity index (χ4v) is 2.12. The van der Waals surface area contributed by atoms with E-state index in [0.29, 0.717) is 6.04 Å². The fourth-order valence-electron chi connectivity index (χ4n) is 2.12. The molecule has 0 aliphatic carbocycles. The maximum Gasteiger partial charge on any atom is 0.0624 e. The van der Waals surface area contributed by atoms with Crippen LogP contribution in [-0.2, 0) is 19.9 Å². The summed E-state index contributed by atoms with van der Waals surface area (Å²) in [5.74, 6) is 0. The van der Waals surface area contributed by atoms with Crippen molar-refractivity contribution in [1.29, 1.82) is 0 Å². The average Bonchev–Trinajstić information content (AvgIpc) is 2.78. The molecule has 3 heteroatoms. The molecule has 1 aliphatic heterocycles. The van der Waals surface area contributed by atoms with Gasteiger partial charge in [-0.15, -0.1) is 0 Å². The van der Waals surface area contributed by atoms with Crippen LogP contribution in [0.5, 0.6) is 0 Å². The van der Waals surface area contributed by atoms with Gasteiger partial charge < -0.3 is 5.32 Å². The highest BCUT2D eigenvalue weighted by molar-refractivity contribution is 5.11. The van der Waals surface area contributed by atoms with Crippen molar-refractivity contribution in [2.45, 2.75) is 38.6 Å². The zero-order valence-electron chi connectivity index (χ0n) is 9.08. The monoisotopic (exact) mass is 193 g/mol. The van der Waals surface area contributed by atoms with E-state index in [-0.39, 0.29) is 0 Å². The highest BCUT2D eigenvalue weighted by atomic mass is 15.3. The molecule has 0 saturated carbocycles. The van der Waals surface area contributed by atoms with E-state index in [2.05, 4.69) is 23.4 Å². The molecule has 0 radical (unpaired) electrons. The molecule has 1 N–H and O–H groups in total. The molecule has 0 spiro atoms. The molecule has 2 heterocycles. The first-order chi connectivity index (χ1) is 6.79. The SMILES string of the molecule is CCc1cc(CC2CCCN2)n(C)n1. The fraction of sp³-hybridized carbons (Fsp3) is 0.727. The first-order valence-corrected chi connectivity index (χ1v) is 5.54. The molecule has 1 aromatic rings. The Labute approximate surface area is 85.5 Å². The van der Waals surface area contributed by atoms with Crippen LogP contribution in [0.1, 0.15) is 31.2 Å².